The van der Waals surface area contributed by atoms with Crippen LogP contribution in [-0.2, 0) is 9.53 Å². The Hall–Kier alpha value is -3.27. The highest BCUT2D eigenvalue weighted by Crippen LogP contribution is 2.27. The first-order valence-electron chi connectivity index (χ1n) is 10.0. The first-order valence-corrected chi connectivity index (χ1v) is 10.4. The number of benzene rings is 2. The van der Waals surface area contributed by atoms with Gasteiger partial charge in [0.15, 0.2) is 5.78 Å². The van der Waals surface area contributed by atoms with E-state index in [4.69, 9.17) is 21.1 Å². The second kappa shape index (κ2) is 10.8. The van der Waals surface area contributed by atoms with Gasteiger partial charge >= 0.3 is 12.3 Å². The number of alkyl carbamates (subject to hydrolysis) is 1. The SMILES string of the molecule is COc1ccc(NC(=O)[C@H](CC(F)(F)F)NC(=O)OC(C)(C)C)c(C(=O)c2ccc(Cl)cc2)c1. The van der Waals surface area contributed by atoms with Gasteiger partial charge < -0.3 is 20.1 Å². The molecule has 2 amide bonds. The number of methoxy groups -OCH3 is 1. The van der Waals surface area contributed by atoms with Gasteiger partial charge in [0.2, 0.25) is 5.91 Å². The number of halogens is 4. The Balaban J connectivity index is 2.35. The molecule has 0 spiro atoms. The van der Waals surface area contributed by atoms with Crippen LogP contribution in [0.25, 0.3) is 0 Å². The van der Waals surface area contributed by atoms with E-state index in [1.54, 1.807) is 0 Å². The molecule has 0 saturated carbocycles. The van der Waals surface area contributed by atoms with Crippen molar-refractivity contribution >= 4 is 35.1 Å². The molecular formula is C23H24ClF3N2O5. The van der Waals surface area contributed by atoms with Gasteiger partial charge in [0.25, 0.3) is 0 Å². The number of anilines is 1. The normalized spacial score (nSPS) is 12.5. The number of nitrogens with one attached hydrogen (secondary N) is 2. The van der Waals surface area contributed by atoms with Gasteiger partial charge in [-0.15, -0.1) is 0 Å². The van der Waals surface area contributed by atoms with Crippen molar-refractivity contribution in [3.8, 4) is 5.75 Å². The average Bonchev–Trinajstić information content (AvgIpc) is 2.71. The van der Waals surface area contributed by atoms with Gasteiger partial charge in [0.1, 0.15) is 17.4 Å². The fourth-order valence-electron chi connectivity index (χ4n) is 2.81. The number of carbonyl (C=O) groups excluding carboxylic acids is 3. The summed E-state index contributed by atoms with van der Waals surface area (Å²) in [5, 5.41) is 4.65. The lowest BCUT2D eigenvalue weighted by Crippen LogP contribution is -2.48. The van der Waals surface area contributed by atoms with E-state index in [1.165, 1.54) is 70.3 Å². The number of ketones is 1. The van der Waals surface area contributed by atoms with E-state index in [0.29, 0.717) is 5.02 Å². The fraction of sp³-hybridized carbons (Fsp3) is 0.348. The van der Waals surface area contributed by atoms with Gasteiger partial charge in [-0.1, -0.05) is 11.6 Å². The number of ether oxygens (including phenoxy) is 2. The van der Waals surface area contributed by atoms with Gasteiger partial charge in [-0.2, -0.15) is 13.2 Å². The molecule has 0 aliphatic rings. The van der Waals surface area contributed by atoms with E-state index in [2.05, 4.69) is 5.32 Å². The van der Waals surface area contributed by atoms with Crippen LogP contribution in [0.3, 0.4) is 0 Å². The lowest BCUT2D eigenvalue weighted by Gasteiger charge is -2.24. The summed E-state index contributed by atoms with van der Waals surface area (Å²) in [6.45, 7) is 4.58. The Bertz CT molecular complexity index is 1050. The average molecular weight is 501 g/mol. The van der Waals surface area contributed by atoms with Gasteiger partial charge in [-0.25, -0.2) is 4.79 Å². The molecule has 1 atom stereocenters. The third kappa shape index (κ3) is 8.26. The van der Waals surface area contributed by atoms with Crippen molar-refractivity contribution in [3.63, 3.8) is 0 Å². The molecule has 0 fully saturated rings. The van der Waals surface area contributed by atoms with Crippen LogP contribution >= 0.6 is 11.6 Å². The highest BCUT2D eigenvalue weighted by atomic mass is 35.5. The second-order valence-electron chi connectivity index (χ2n) is 8.25. The van der Waals surface area contributed by atoms with Crippen molar-refractivity contribution in [1.82, 2.24) is 5.32 Å². The van der Waals surface area contributed by atoms with Gasteiger partial charge in [0, 0.05) is 16.1 Å². The molecule has 34 heavy (non-hydrogen) atoms. The third-order valence-electron chi connectivity index (χ3n) is 4.28. The predicted octanol–water partition coefficient (Wildman–Crippen LogP) is 5.36. The minimum atomic E-state index is -4.76. The molecule has 2 aromatic carbocycles. The Labute approximate surface area is 199 Å². The monoisotopic (exact) mass is 500 g/mol. The zero-order chi connectivity index (χ0) is 25.7. The maximum atomic E-state index is 13.1. The van der Waals surface area contributed by atoms with Crippen LogP contribution in [0, 0.1) is 0 Å². The van der Waals surface area contributed by atoms with Crippen LogP contribution in [-0.4, -0.2) is 42.7 Å². The Morgan fingerprint density at radius 1 is 1.03 bits per heavy atom. The van der Waals surface area contributed by atoms with E-state index in [1.807, 2.05) is 5.32 Å². The van der Waals surface area contributed by atoms with Crippen LogP contribution in [0.2, 0.25) is 5.02 Å². The lowest BCUT2D eigenvalue weighted by molar-refractivity contribution is -0.147. The van der Waals surface area contributed by atoms with Crippen molar-refractivity contribution in [3.05, 3.63) is 58.6 Å². The molecule has 0 aliphatic carbocycles. The van der Waals surface area contributed by atoms with E-state index >= 15 is 0 Å². The molecule has 0 radical (unpaired) electrons. The number of hydrogen-bond acceptors (Lipinski definition) is 5. The summed E-state index contributed by atoms with van der Waals surface area (Å²) in [5.41, 5.74) is -0.855. The van der Waals surface area contributed by atoms with E-state index in [-0.39, 0.29) is 22.6 Å². The number of hydrogen-bond donors (Lipinski definition) is 2. The largest absolute Gasteiger partial charge is 0.497 e. The number of rotatable bonds is 7. The number of amides is 2. The van der Waals surface area contributed by atoms with Crippen LogP contribution in [0.5, 0.6) is 5.75 Å². The smallest absolute Gasteiger partial charge is 0.408 e. The Morgan fingerprint density at radius 2 is 1.65 bits per heavy atom. The molecule has 184 valence electrons. The second-order valence-corrected chi connectivity index (χ2v) is 8.69. The van der Waals surface area contributed by atoms with Gasteiger partial charge in [-0.3, -0.25) is 9.59 Å². The molecule has 7 nitrogen and oxygen atoms in total. The van der Waals surface area contributed by atoms with Crippen molar-refractivity contribution < 1.29 is 37.0 Å². The summed E-state index contributed by atoms with van der Waals surface area (Å²) in [6, 6.07) is 8.00. The van der Waals surface area contributed by atoms with Crippen LogP contribution in [0.1, 0.15) is 43.1 Å². The number of carbonyl (C=O) groups is 3. The predicted molar refractivity (Wildman–Crippen MR) is 120 cm³/mol. The highest BCUT2D eigenvalue weighted by Gasteiger charge is 2.37. The summed E-state index contributed by atoms with van der Waals surface area (Å²) in [5.74, 6) is -1.43. The minimum Gasteiger partial charge on any atom is -0.497 e. The fourth-order valence-corrected chi connectivity index (χ4v) is 2.94. The van der Waals surface area contributed by atoms with Crippen molar-refractivity contribution in [2.75, 3.05) is 12.4 Å². The standard InChI is InChI=1S/C23H24ClF3N2O5/c1-22(2,3)34-21(32)29-18(12-23(25,26)27)20(31)28-17-10-9-15(33-4)11-16(17)19(30)13-5-7-14(24)8-6-13/h5-11,18H,12H2,1-4H3,(H,28,31)(H,29,32)/t18-/m0/s1. The molecule has 0 unspecified atom stereocenters. The van der Waals surface area contributed by atoms with Gasteiger partial charge in [0.05, 0.1) is 19.2 Å². The summed E-state index contributed by atoms with van der Waals surface area (Å²) in [7, 11) is 1.37. The molecule has 2 rings (SSSR count). The molecule has 2 aromatic rings. The van der Waals surface area contributed by atoms with Crippen molar-refractivity contribution in [1.29, 1.82) is 0 Å². The maximum absolute atomic E-state index is 13.1. The molecule has 11 heteroatoms. The maximum Gasteiger partial charge on any atom is 0.408 e. The van der Waals surface area contributed by atoms with Crippen molar-refractivity contribution in [2.45, 2.75) is 45.0 Å². The molecule has 0 aromatic heterocycles. The zero-order valence-corrected chi connectivity index (χ0v) is 19.6. The number of alkyl halides is 3. The highest BCUT2D eigenvalue weighted by molar-refractivity contribution is 6.30. The Morgan fingerprint density at radius 3 is 2.18 bits per heavy atom. The van der Waals surface area contributed by atoms with E-state index in [0.717, 1.165) is 0 Å². The third-order valence-corrected chi connectivity index (χ3v) is 4.53. The van der Waals surface area contributed by atoms with E-state index < -0.39 is 42.0 Å². The molecule has 2 N–H and O–H groups in total. The molecule has 0 heterocycles. The van der Waals surface area contributed by atoms with Crippen LogP contribution in [0.4, 0.5) is 23.7 Å². The summed E-state index contributed by atoms with van der Waals surface area (Å²) in [4.78, 5) is 37.8. The summed E-state index contributed by atoms with van der Waals surface area (Å²) in [6.07, 6.45) is -7.60. The first kappa shape index (κ1) is 27.0. The molecule has 0 bridgehead atoms. The lowest BCUT2D eigenvalue weighted by atomic mass is 10.0. The van der Waals surface area contributed by atoms with Gasteiger partial charge in [-0.05, 0) is 63.2 Å². The molecule has 0 saturated heterocycles. The van der Waals surface area contributed by atoms with E-state index in [9.17, 15) is 27.6 Å². The van der Waals surface area contributed by atoms with Crippen molar-refractivity contribution in [2.24, 2.45) is 0 Å². The van der Waals surface area contributed by atoms with Crippen LogP contribution < -0.4 is 15.4 Å². The molecule has 0 aliphatic heterocycles. The van der Waals surface area contributed by atoms with Crippen LogP contribution in [0.15, 0.2) is 42.5 Å². The summed E-state index contributed by atoms with van der Waals surface area (Å²) >= 11 is 5.85. The Kier molecular flexibility index (Phi) is 8.55. The first-order chi connectivity index (χ1) is 15.7. The summed E-state index contributed by atoms with van der Waals surface area (Å²) < 4.78 is 49.4. The zero-order valence-electron chi connectivity index (χ0n) is 18.9. The topological polar surface area (TPSA) is 93.7 Å². The quantitative estimate of drug-likeness (QED) is 0.499. The molecular weight excluding hydrogens is 477 g/mol. The minimum absolute atomic E-state index is 0.0296.